The second-order valence-corrected chi connectivity index (χ2v) is 4.88. The minimum atomic E-state index is -0.969. The Bertz CT molecular complexity index is 416. The molecular formula is C11H17N3O3S. The number of carboxylic acid groups (broad SMARTS) is 1. The molecule has 2 rings (SSSR count). The first-order chi connectivity index (χ1) is 8.70. The summed E-state index contributed by atoms with van der Waals surface area (Å²) < 4.78 is 5.28. The molecule has 0 unspecified atom stereocenters. The van der Waals surface area contributed by atoms with Crippen molar-refractivity contribution in [2.75, 3.05) is 39.1 Å². The molecule has 7 heteroatoms. The van der Waals surface area contributed by atoms with E-state index in [2.05, 4.69) is 14.9 Å². The van der Waals surface area contributed by atoms with Crippen LogP contribution in [0.3, 0.4) is 0 Å². The van der Waals surface area contributed by atoms with Crippen molar-refractivity contribution in [3.63, 3.8) is 0 Å². The lowest BCUT2D eigenvalue weighted by Crippen LogP contribution is -2.37. The molecule has 1 aliphatic heterocycles. The number of aromatic amines is 1. The van der Waals surface area contributed by atoms with Crippen molar-refractivity contribution in [1.29, 1.82) is 0 Å². The molecule has 0 aromatic carbocycles. The van der Waals surface area contributed by atoms with Crippen LogP contribution in [0.5, 0.6) is 0 Å². The number of imidazole rings is 1. The average molecular weight is 271 g/mol. The first kappa shape index (κ1) is 13.4. The Kier molecular flexibility index (Phi) is 4.62. The molecule has 0 spiro atoms. The molecule has 1 aromatic rings. The van der Waals surface area contributed by atoms with Crippen LogP contribution in [0, 0.1) is 0 Å². The molecule has 18 heavy (non-hydrogen) atoms. The van der Waals surface area contributed by atoms with Gasteiger partial charge >= 0.3 is 5.97 Å². The van der Waals surface area contributed by atoms with Crippen molar-refractivity contribution in [2.24, 2.45) is 0 Å². The van der Waals surface area contributed by atoms with Crippen molar-refractivity contribution >= 4 is 17.7 Å². The molecule has 1 fully saturated rings. The van der Waals surface area contributed by atoms with Crippen LogP contribution < -0.4 is 0 Å². The van der Waals surface area contributed by atoms with Gasteiger partial charge in [0.1, 0.15) is 0 Å². The number of thioether (sulfide) groups is 1. The van der Waals surface area contributed by atoms with Gasteiger partial charge in [0.2, 0.25) is 0 Å². The predicted molar refractivity (Wildman–Crippen MR) is 68.3 cm³/mol. The maximum atomic E-state index is 11.1. The smallest absolute Gasteiger partial charge is 0.356 e. The molecule has 0 bridgehead atoms. The molecule has 1 aromatic heterocycles. The second kappa shape index (κ2) is 6.21. The number of hydrogen-bond acceptors (Lipinski definition) is 5. The van der Waals surface area contributed by atoms with Crippen molar-refractivity contribution in [2.45, 2.75) is 11.6 Å². The monoisotopic (exact) mass is 271 g/mol. The fraction of sp³-hybridized carbons (Fsp3) is 0.636. The molecular weight excluding hydrogens is 254 g/mol. The number of nitrogens with one attached hydrogen (secondary N) is 1. The molecule has 1 aliphatic rings. The van der Waals surface area contributed by atoms with Gasteiger partial charge in [-0.2, -0.15) is 0 Å². The van der Waals surface area contributed by atoms with Gasteiger partial charge in [-0.1, -0.05) is 11.8 Å². The van der Waals surface area contributed by atoms with Crippen LogP contribution in [0.2, 0.25) is 0 Å². The highest BCUT2D eigenvalue weighted by atomic mass is 32.2. The number of hydrogen-bond donors (Lipinski definition) is 2. The molecule has 1 saturated heterocycles. The summed E-state index contributed by atoms with van der Waals surface area (Å²) in [6.45, 7) is 4.16. The van der Waals surface area contributed by atoms with E-state index in [1.165, 1.54) is 11.8 Å². The third-order valence-corrected chi connectivity index (χ3v) is 3.51. The van der Waals surface area contributed by atoms with Gasteiger partial charge in [-0.15, -0.1) is 0 Å². The van der Waals surface area contributed by atoms with Crippen LogP contribution in [-0.4, -0.2) is 65.0 Å². The zero-order valence-electron chi connectivity index (χ0n) is 10.3. The van der Waals surface area contributed by atoms with E-state index in [-0.39, 0.29) is 5.69 Å². The van der Waals surface area contributed by atoms with E-state index in [1.807, 2.05) is 6.26 Å². The lowest BCUT2D eigenvalue weighted by molar-refractivity contribution is 0.0382. The van der Waals surface area contributed by atoms with Gasteiger partial charge in [0.05, 0.1) is 18.9 Å². The van der Waals surface area contributed by atoms with Crippen LogP contribution in [0.15, 0.2) is 5.16 Å². The summed E-state index contributed by atoms with van der Waals surface area (Å²) >= 11 is 1.42. The Labute approximate surface area is 110 Å². The van der Waals surface area contributed by atoms with Crippen LogP contribution in [0.4, 0.5) is 0 Å². The highest BCUT2D eigenvalue weighted by Gasteiger charge is 2.18. The number of rotatable bonds is 5. The average Bonchev–Trinajstić information content (AvgIpc) is 2.81. The number of aromatic nitrogens is 2. The van der Waals surface area contributed by atoms with E-state index >= 15 is 0 Å². The molecule has 0 saturated carbocycles. The number of H-pyrrole nitrogens is 1. The Balaban J connectivity index is 1.98. The first-order valence-corrected chi connectivity index (χ1v) is 7.09. The zero-order valence-corrected chi connectivity index (χ0v) is 11.1. The fourth-order valence-corrected chi connectivity index (χ4v) is 2.34. The summed E-state index contributed by atoms with van der Waals surface area (Å²) in [5.41, 5.74) is 0.853. The topological polar surface area (TPSA) is 78.4 Å². The fourth-order valence-electron chi connectivity index (χ4n) is 1.93. The molecule has 100 valence electrons. The largest absolute Gasteiger partial charge is 0.476 e. The number of carbonyl (C=O) groups is 1. The van der Waals surface area contributed by atoms with E-state index < -0.39 is 5.97 Å². The molecule has 2 N–H and O–H groups in total. The highest BCUT2D eigenvalue weighted by molar-refractivity contribution is 7.98. The summed E-state index contributed by atoms with van der Waals surface area (Å²) in [5.74, 6) is -0.969. The molecule has 6 nitrogen and oxygen atoms in total. The van der Waals surface area contributed by atoms with Gasteiger partial charge in [0.15, 0.2) is 10.9 Å². The normalized spacial score (nSPS) is 16.9. The summed E-state index contributed by atoms with van der Waals surface area (Å²) in [6, 6.07) is 0. The Hall–Kier alpha value is -1.05. The standard InChI is InChI=1S/C11H17N3O3S/c1-18-11-12-8(9(13-11)10(15)16)2-3-14-4-6-17-7-5-14/h2-7H2,1H3,(H,12,13)(H,15,16). The van der Waals surface area contributed by atoms with Crippen LogP contribution >= 0.6 is 11.8 Å². The van der Waals surface area contributed by atoms with Crippen molar-refractivity contribution in [3.8, 4) is 0 Å². The van der Waals surface area contributed by atoms with E-state index in [4.69, 9.17) is 9.84 Å². The number of nitrogens with zero attached hydrogens (tertiary/aromatic N) is 2. The Morgan fingerprint density at radius 2 is 2.28 bits per heavy atom. The second-order valence-electron chi connectivity index (χ2n) is 4.08. The van der Waals surface area contributed by atoms with Gasteiger partial charge in [0, 0.05) is 26.1 Å². The quantitative estimate of drug-likeness (QED) is 0.768. The van der Waals surface area contributed by atoms with E-state index in [1.54, 1.807) is 0 Å². The number of morpholine rings is 1. The van der Waals surface area contributed by atoms with E-state index in [0.29, 0.717) is 17.3 Å². The van der Waals surface area contributed by atoms with Crippen molar-refractivity contribution in [1.82, 2.24) is 14.9 Å². The Morgan fingerprint density at radius 3 is 2.89 bits per heavy atom. The summed E-state index contributed by atoms with van der Waals surface area (Å²) in [4.78, 5) is 20.5. The summed E-state index contributed by atoms with van der Waals surface area (Å²) in [7, 11) is 0. The predicted octanol–water partition coefficient (Wildman–Crippen LogP) is 0.704. The summed E-state index contributed by atoms with van der Waals surface area (Å²) in [6.07, 6.45) is 2.55. The SMILES string of the molecule is CSc1nc(C(=O)O)c(CCN2CCOCC2)[nH]1. The molecule has 0 atom stereocenters. The van der Waals surface area contributed by atoms with Crippen LogP contribution in [0.25, 0.3) is 0 Å². The minimum Gasteiger partial charge on any atom is -0.476 e. The van der Waals surface area contributed by atoms with Crippen molar-refractivity contribution in [3.05, 3.63) is 11.4 Å². The van der Waals surface area contributed by atoms with E-state index in [0.717, 1.165) is 32.8 Å². The molecule has 0 amide bonds. The van der Waals surface area contributed by atoms with E-state index in [9.17, 15) is 4.79 Å². The molecule has 0 aliphatic carbocycles. The third-order valence-electron chi connectivity index (χ3n) is 2.93. The zero-order chi connectivity index (χ0) is 13.0. The van der Waals surface area contributed by atoms with Gasteiger partial charge < -0.3 is 14.8 Å². The lowest BCUT2D eigenvalue weighted by Gasteiger charge is -2.26. The minimum absolute atomic E-state index is 0.146. The summed E-state index contributed by atoms with van der Waals surface area (Å²) in [5, 5.41) is 9.74. The third kappa shape index (κ3) is 3.24. The van der Waals surface area contributed by atoms with Gasteiger partial charge in [-0.25, -0.2) is 9.78 Å². The molecule has 0 radical (unpaired) electrons. The van der Waals surface area contributed by atoms with Gasteiger partial charge in [0.25, 0.3) is 0 Å². The van der Waals surface area contributed by atoms with Crippen LogP contribution in [0.1, 0.15) is 16.2 Å². The van der Waals surface area contributed by atoms with Gasteiger partial charge in [-0.3, -0.25) is 4.90 Å². The first-order valence-electron chi connectivity index (χ1n) is 5.87. The van der Waals surface area contributed by atoms with Gasteiger partial charge in [-0.05, 0) is 6.26 Å². The number of carboxylic acids is 1. The number of ether oxygens (including phenoxy) is 1. The number of aromatic carboxylic acids is 1. The van der Waals surface area contributed by atoms with Crippen LogP contribution in [-0.2, 0) is 11.2 Å². The Morgan fingerprint density at radius 1 is 1.56 bits per heavy atom. The molecule has 2 heterocycles. The maximum Gasteiger partial charge on any atom is 0.356 e. The van der Waals surface area contributed by atoms with Crippen molar-refractivity contribution < 1.29 is 14.6 Å². The highest BCUT2D eigenvalue weighted by Crippen LogP contribution is 2.15. The maximum absolute atomic E-state index is 11.1. The lowest BCUT2D eigenvalue weighted by atomic mass is 10.2.